The van der Waals surface area contributed by atoms with Crippen LogP contribution in [0.15, 0.2) is 33.6 Å². The van der Waals surface area contributed by atoms with Crippen LogP contribution in [0.4, 0.5) is 0 Å². The van der Waals surface area contributed by atoms with Gasteiger partial charge < -0.3 is 4.74 Å². The van der Waals surface area contributed by atoms with Crippen molar-refractivity contribution in [2.45, 2.75) is 24.0 Å². The highest BCUT2D eigenvalue weighted by Crippen LogP contribution is 2.24. The summed E-state index contributed by atoms with van der Waals surface area (Å²) in [5.74, 6) is 0. The molecular weight excluding hydrogens is 398 g/mol. The van der Waals surface area contributed by atoms with Crippen molar-refractivity contribution in [2.75, 3.05) is 18.5 Å². The zero-order chi connectivity index (χ0) is 14.0. The third-order valence-electron chi connectivity index (χ3n) is 3.02. The first kappa shape index (κ1) is 15.4. The van der Waals surface area contributed by atoms with Crippen LogP contribution in [-0.2, 0) is 14.8 Å². The maximum atomic E-state index is 12.6. The molecule has 1 fully saturated rings. The van der Waals surface area contributed by atoms with Crippen molar-refractivity contribution in [2.24, 2.45) is 0 Å². The molecule has 1 aliphatic rings. The Morgan fingerprint density at radius 2 is 2.21 bits per heavy atom. The van der Waals surface area contributed by atoms with Gasteiger partial charge in [-0.25, -0.2) is 8.42 Å². The molecule has 1 heterocycles. The van der Waals surface area contributed by atoms with E-state index >= 15 is 0 Å². The smallest absolute Gasteiger partial charge is 0.243 e. The Labute approximate surface area is 130 Å². The summed E-state index contributed by atoms with van der Waals surface area (Å²) in [7, 11) is -3.47. The maximum Gasteiger partial charge on any atom is 0.243 e. The van der Waals surface area contributed by atoms with Gasteiger partial charge in [0.15, 0.2) is 0 Å². The fourth-order valence-electron chi connectivity index (χ4n) is 1.98. The number of alkyl halides is 1. The second kappa shape index (κ2) is 6.22. The molecule has 0 bridgehead atoms. The van der Waals surface area contributed by atoms with E-state index < -0.39 is 10.0 Å². The number of morpholine rings is 1. The van der Waals surface area contributed by atoms with Gasteiger partial charge in [-0.05, 0) is 25.1 Å². The molecule has 1 aromatic rings. The summed E-state index contributed by atoms with van der Waals surface area (Å²) in [4.78, 5) is 0.309. The number of sulfonamides is 1. The van der Waals surface area contributed by atoms with Gasteiger partial charge in [0.25, 0.3) is 0 Å². The van der Waals surface area contributed by atoms with Crippen LogP contribution in [0.5, 0.6) is 0 Å². The fraction of sp³-hybridized carbons (Fsp3) is 0.500. The normalized spacial score (nSPS) is 25.4. The Kier molecular flexibility index (Phi) is 5.05. The molecule has 0 amide bonds. The molecule has 0 aliphatic carbocycles. The number of hydrogen-bond donors (Lipinski definition) is 0. The average molecular weight is 413 g/mol. The third-order valence-corrected chi connectivity index (χ3v) is 6.21. The highest BCUT2D eigenvalue weighted by atomic mass is 79.9. The lowest BCUT2D eigenvalue weighted by Gasteiger charge is -2.36. The molecule has 1 aromatic carbocycles. The number of nitrogens with zero attached hydrogens (tertiary/aromatic N) is 1. The van der Waals surface area contributed by atoms with Gasteiger partial charge in [0.2, 0.25) is 10.0 Å². The molecule has 0 N–H and O–H groups in total. The van der Waals surface area contributed by atoms with Crippen LogP contribution in [0.25, 0.3) is 0 Å². The number of halogens is 2. The minimum atomic E-state index is -3.47. The number of rotatable bonds is 3. The summed E-state index contributed by atoms with van der Waals surface area (Å²) >= 11 is 6.64. The Morgan fingerprint density at radius 3 is 2.84 bits per heavy atom. The first-order chi connectivity index (χ1) is 8.95. The SMILES string of the molecule is CC1COC(CBr)CN1S(=O)(=O)c1cccc(Br)c1. The molecule has 1 saturated heterocycles. The molecule has 0 spiro atoms. The van der Waals surface area contributed by atoms with Crippen LogP contribution in [0.2, 0.25) is 0 Å². The van der Waals surface area contributed by atoms with Gasteiger partial charge in [0.1, 0.15) is 0 Å². The maximum absolute atomic E-state index is 12.6. The molecule has 0 saturated carbocycles. The highest BCUT2D eigenvalue weighted by Gasteiger charge is 2.35. The second-order valence-corrected chi connectivity index (χ2v) is 7.94. The van der Waals surface area contributed by atoms with Crippen LogP contribution in [0.3, 0.4) is 0 Å². The fourth-order valence-corrected chi connectivity index (χ4v) is 4.62. The average Bonchev–Trinajstić information content (AvgIpc) is 2.39. The molecule has 19 heavy (non-hydrogen) atoms. The van der Waals surface area contributed by atoms with Gasteiger partial charge in [0, 0.05) is 22.4 Å². The molecule has 2 atom stereocenters. The van der Waals surface area contributed by atoms with Crippen LogP contribution >= 0.6 is 31.9 Å². The number of benzene rings is 1. The van der Waals surface area contributed by atoms with Crippen molar-refractivity contribution >= 4 is 41.9 Å². The van der Waals surface area contributed by atoms with E-state index in [1.807, 2.05) is 13.0 Å². The van der Waals surface area contributed by atoms with Crippen LogP contribution in [0, 0.1) is 0 Å². The minimum Gasteiger partial charge on any atom is -0.374 e. The third kappa shape index (κ3) is 3.39. The van der Waals surface area contributed by atoms with Crippen molar-refractivity contribution in [3.05, 3.63) is 28.7 Å². The lowest BCUT2D eigenvalue weighted by atomic mass is 10.2. The zero-order valence-corrected chi connectivity index (χ0v) is 14.4. The lowest BCUT2D eigenvalue weighted by molar-refractivity contribution is -0.0139. The van der Waals surface area contributed by atoms with Crippen molar-refractivity contribution in [3.8, 4) is 0 Å². The molecule has 2 unspecified atom stereocenters. The summed E-state index contributed by atoms with van der Waals surface area (Å²) in [5.41, 5.74) is 0. The molecule has 4 nitrogen and oxygen atoms in total. The minimum absolute atomic E-state index is 0.0990. The van der Waals surface area contributed by atoms with Gasteiger partial charge in [-0.2, -0.15) is 4.31 Å². The highest BCUT2D eigenvalue weighted by molar-refractivity contribution is 9.10. The van der Waals surface area contributed by atoms with E-state index in [-0.39, 0.29) is 12.1 Å². The van der Waals surface area contributed by atoms with Crippen molar-refractivity contribution in [1.29, 1.82) is 0 Å². The molecule has 1 aliphatic heterocycles. The van der Waals surface area contributed by atoms with Crippen LogP contribution in [-0.4, -0.2) is 43.4 Å². The Bertz CT molecular complexity index is 550. The van der Waals surface area contributed by atoms with Crippen molar-refractivity contribution < 1.29 is 13.2 Å². The molecular formula is C12H15Br2NO3S. The van der Waals surface area contributed by atoms with Gasteiger partial charge in [-0.15, -0.1) is 0 Å². The van der Waals surface area contributed by atoms with E-state index in [1.165, 1.54) is 4.31 Å². The van der Waals surface area contributed by atoms with Gasteiger partial charge in [-0.3, -0.25) is 0 Å². The van der Waals surface area contributed by atoms with Crippen LogP contribution < -0.4 is 0 Å². The number of hydrogen-bond acceptors (Lipinski definition) is 3. The molecule has 106 valence electrons. The van der Waals surface area contributed by atoms with E-state index in [0.29, 0.717) is 23.4 Å². The van der Waals surface area contributed by atoms with E-state index in [1.54, 1.807) is 18.2 Å². The summed E-state index contributed by atoms with van der Waals surface area (Å²) in [6.07, 6.45) is -0.0990. The Morgan fingerprint density at radius 1 is 1.47 bits per heavy atom. The summed E-state index contributed by atoms with van der Waals surface area (Å²) < 4.78 is 33.1. The van der Waals surface area contributed by atoms with Crippen LogP contribution in [0.1, 0.15) is 6.92 Å². The molecule has 0 aromatic heterocycles. The Balaban J connectivity index is 2.32. The standard InChI is InChI=1S/C12H15Br2NO3S/c1-9-8-18-11(6-13)7-15(9)19(16,17)12-4-2-3-10(14)5-12/h2-5,9,11H,6-8H2,1H3. The zero-order valence-electron chi connectivity index (χ0n) is 10.4. The van der Waals surface area contributed by atoms with E-state index in [0.717, 1.165) is 4.47 Å². The monoisotopic (exact) mass is 411 g/mol. The first-order valence-corrected chi connectivity index (χ1v) is 9.25. The van der Waals surface area contributed by atoms with E-state index in [4.69, 9.17) is 4.74 Å². The van der Waals surface area contributed by atoms with E-state index in [9.17, 15) is 8.42 Å². The molecule has 7 heteroatoms. The van der Waals surface area contributed by atoms with Gasteiger partial charge >= 0.3 is 0 Å². The lowest BCUT2D eigenvalue weighted by Crippen LogP contribution is -2.51. The Hall–Kier alpha value is 0.0500. The number of ether oxygens (including phenoxy) is 1. The molecule has 0 radical (unpaired) electrons. The largest absolute Gasteiger partial charge is 0.374 e. The van der Waals surface area contributed by atoms with Gasteiger partial charge in [-0.1, -0.05) is 37.9 Å². The predicted octanol–water partition coefficient (Wildman–Crippen LogP) is 2.62. The summed E-state index contributed by atoms with van der Waals surface area (Å²) in [6, 6.07) is 6.62. The second-order valence-electron chi connectivity index (χ2n) is 4.49. The predicted molar refractivity (Wildman–Crippen MR) is 81.0 cm³/mol. The van der Waals surface area contributed by atoms with Crippen molar-refractivity contribution in [3.63, 3.8) is 0 Å². The van der Waals surface area contributed by atoms with E-state index in [2.05, 4.69) is 31.9 Å². The first-order valence-electron chi connectivity index (χ1n) is 5.90. The summed E-state index contributed by atoms with van der Waals surface area (Å²) in [5, 5.41) is 0.629. The quantitative estimate of drug-likeness (QED) is 0.717. The molecule has 2 rings (SSSR count). The van der Waals surface area contributed by atoms with Crippen molar-refractivity contribution in [1.82, 2.24) is 4.31 Å². The topological polar surface area (TPSA) is 46.6 Å². The summed E-state index contributed by atoms with van der Waals surface area (Å²) in [6.45, 7) is 2.66. The van der Waals surface area contributed by atoms with Gasteiger partial charge in [0.05, 0.1) is 17.6 Å².